The Morgan fingerprint density at radius 2 is 1.67 bits per heavy atom. The number of ether oxygens (including phenoxy) is 3. The Bertz CT molecular complexity index is 2470. The van der Waals surface area contributed by atoms with E-state index in [0.717, 1.165) is 41.1 Å². The number of carbonyl (C=O) groups excluding carboxylic acids is 1. The van der Waals surface area contributed by atoms with Gasteiger partial charge >= 0.3 is 5.97 Å². The lowest BCUT2D eigenvalue weighted by Crippen LogP contribution is -2.40. The number of rotatable bonds is 10. The van der Waals surface area contributed by atoms with Crippen molar-refractivity contribution in [3.63, 3.8) is 0 Å². The third-order valence-corrected chi connectivity index (χ3v) is 10.7. The van der Waals surface area contributed by atoms with Crippen LogP contribution in [0.5, 0.6) is 11.5 Å². The predicted molar refractivity (Wildman–Crippen MR) is 214 cm³/mol. The summed E-state index contributed by atoms with van der Waals surface area (Å²) in [6.45, 7) is 4.73. The van der Waals surface area contributed by atoms with Crippen molar-refractivity contribution in [3.8, 4) is 11.5 Å². The van der Waals surface area contributed by atoms with Gasteiger partial charge in [0.25, 0.3) is 5.56 Å². The molecule has 1 aliphatic heterocycles. The number of hydrogen-bond donors (Lipinski definition) is 0. The zero-order chi connectivity index (χ0) is 35.5. The van der Waals surface area contributed by atoms with E-state index in [1.54, 1.807) is 11.5 Å². The van der Waals surface area contributed by atoms with Crippen LogP contribution in [0.4, 0.5) is 0 Å². The normalized spacial score (nSPS) is 14.3. The van der Waals surface area contributed by atoms with E-state index in [1.165, 1.54) is 11.3 Å². The summed E-state index contributed by atoms with van der Waals surface area (Å²) in [4.78, 5) is 33.9. The second-order valence-corrected chi connectivity index (χ2v) is 14.8. The zero-order valence-electron chi connectivity index (χ0n) is 27.8. The van der Waals surface area contributed by atoms with Crippen LogP contribution in [0.2, 0.25) is 0 Å². The lowest BCUT2D eigenvalue weighted by molar-refractivity contribution is -0.138. The minimum atomic E-state index is -0.793. The molecule has 0 unspecified atom stereocenters. The molecule has 0 radical (unpaired) electrons. The van der Waals surface area contributed by atoms with Gasteiger partial charge in [-0.15, -0.1) is 0 Å². The third kappa shape index (κ3) is 7.17. The van der Waals surface area contributed by atoms with Gasteiger partial charge in [0.1, 0.15) is 18.1 Å². The Labute approximate surface area is 320 Å². The van der Waals surface area contributed by atoms with E-state index in [0.29, 0.717) is 45.3 Å². The number of carbonyl (C=O) groups is 1. The Morgan fingerprint density at radius 1 is 0.922 bits per heavy atom. The first-order valence-electron chi connectivity index (χ1n) is 16.5. The first-order chi connectivity index (χ1) is 24.9. The van der Waals surface area contributed by atoms with Gasteiger partial charge in [0.15, 0.2) is 4.80 Å². The molecule has 0 bridgehead atoms. The van der Waals surface area contributed by atoms with Crippen molar-refractivity contribution in [2.75, 3.05) is 13.2 Å². The Hall–Kier alpha value is -4.52. The standard InChI is InChI=1S/C41H32BrIN2O5S/c1-3-48-31-19-17-27(18-20-31)37-35(40(47)49-4-2)36(26-12-6-5-7-13-26)44-41-45(37)39(46)34(51-41)22-29-21-30(42)23-33(43)38(29)50-24-28-15-10-14-25-11-8-9-16-32(25)28/h5-23,37H,3-4,24H2,1-2H3/b34-22-/t37-/m1/s1. The Kier molecular flexibility index (Phi) is 10.5. The van der Waals surface area contributed by atoms with Gasteiger partial charge in [0, 0.05) is 15.6 Å². The molecule has 0 N–H and O–H groups in total. The molecular weight excluding hydrogens is 839 g/mol. The first-order valence-corrected chi connectivity index (χ1v) is 19.1. The van der Waals surface area contributed by atoms with Gasteiger partial charge in [-0.3, -0.25) is 9.36 Å². The molecule has 6 aromatic rings. The second-order valence-electron chi connectivity index (χ2n) is 11.7. The molecule has 1 atom stereocenters. The van der Waals surface area contributed by atoms with Crippen LogP contribution in [0.25, 0.3) is 22.5 Å². The van der Waals surface area contributed by atoms with Gasteiger partial charge in [-0.05, 0) is 88.7 Å². The maximum Gasteiger partial charge on any atom is 0.338 e. The van der Waals surface area contributed by atoms with Crippen molar-refractivity contribution < 1.29 is 19.0 Å². The average Bonchev–Trinajstić information content (AvgIpc) is 3.45. The first kappa shape index (κ1) is 34.9. The van der Waals surface area contributed by atoms with Gasteiger partial charge in [-0.25, -0.2) is 9.79 Å². The SMILES string of the molecule is CCOC(=O)C1=C(c2ccccc2)N=c2s/c(=C\c3cc(Br)cc(I)c3OCc3cccc4ccccc34)c(=O)n2[C@@H]1c1ccc(OCC)cc1. The lowest BCUT2D eigenvalue weighted by Gasteiger charge is -2.26. The number of nitrogens with zero attached hydrogens (tertiary/aromatic N) is 2. The van der Waals surface area contributed by atoms with Crippen molar-refractivity contribution in [2.45, 2.75) is 26.5 Å². The van der Waals surface area contributed by atoms with E-state index in [9.17, 15) is 9.59 Å². The summed E-state index contributed by atoms with van der Waals surface area (Å²) in [5, 5.41) is 2.27. The van der Waals surface area contributed by atoms with E-state index >= 15 is 0 Å². The van der Waals surface area contributed by atoms with Crippen molar-refractivity contribution in [1.82, 2.24) is 4.57 Å². The van der Waals surface area contributed by atoms with Crippen molar-refractivity contribution in [2.24, 2.45) is 4.99 Å². The van der Waals surface area contributed by atoms with Crippen LogP contribution in [0.3, 0.4) is 0 Å². The van der Waals surface area contributed by atoms with E-state index in [-0.39, 0.29) is 12.2 Å². The molecule has 0 fully saturated rings. The highest BCUT2D eigenvalue weighted by Gasteiger charge is 2.35. The third-order valence-electron chi connectivity index (χ3n) is 8.46. The van der Waals surface area contributed by atoms with Crippen LogP contribution in [0.15, 0.2) is 129 Å². The maximum absolute atomic E-state index is 14.6. The maximum atomic E-state index is 14.6. The van der Waals surface area contributed by atoms with Crippen molar-refractivity contribution in [3.05, 3.63) is 165 Å². The fraction of sp³-hybridized carbons (Fsp3) is 0.146. The molecule has 256 valence electrons. The summed E-state index contributed by atoms with van der Waals surface area (Å²) in [7, 11) is 0. The van der Waals surface area contributed by atoms with E-state index < -0.39 is 12.0 Å². The van der Waals surface area contributed by atoms with Crippen LogP contribution < -0.4 is 24.4 Å². The number of esters is 1. The van der Waals surface area contributed by atoms with Crippen LogP contribution in [-0.4, -0.2) is 23.8 Å². The van der Waals surface area contributed by atoms with E-state index in [1.807, 2.05) is 97.9 Å². The number of halogens is 2. The highest BCUT2D eigenvalue weighted by molar-refractivity contribution is 14.1. The number of aromatic nitrogens is 1. The molecule has 0 saturated carbocycles. The molecule has 0 saturated heterocycles. The molecule has 0 aliphatic carbocycles. The summed E-state index contributed by atoms with van der Waals surface area (Å²) >= 11 is 7.18. The smallest absolute Gasteiger partial charge is 0.338 e. The number of hydrogen-bond acceptors (Lipinski definition) is 7. The molecular formula is C41H32BrIN2O5S. The molecule has 7 rings (SSSR count). The van der Waals surface area contributed by atoms with Crippen molar-refractivity contribution >= 4 is 78.4 Å². The zero-order valence-corrected chi connectivity index (χ0v) is 32.3. The summed E-state index contributed by atoms with van der Waals surface area (Å²) < 4.78 is 21.7. The van der Waals surface area contributed by atoms with Gasteiger partial charge in [0.2, 0.25) is 0 Å². The minimum Gasteiger partial charge on any atom is -0.494 e. The molecule has 1 aliphatic rings. The van der Waals surface area contributed by atoms with Crippen LogP contribution in [0.1, 0.15) is 42.1 Å². The second kappa shape index (κ2) is 15.4. The number of fused-ring (bicyclic) bond motifs is 2. The Morgan fingerprint density at radius 3 is 2.43 bits per heavy atom. The van der Waals surface area contributed by atoms with Gasteiger partial charge < -0.3 is 14.2 Å². The molecule has 1 aromatic heterocycles. The summed E-state index contributed by atoms with van der Waals surface area (Å²) in [5.74, 6) is 0.829. The molecule has 10 heteroatoms. The quantitative estimate of drug-likeness (QED) is 0.102. The summed E-state index contributed by atoms with van der Waals surface area (Å²) in [5.41, 5.74) is 3.77. The molecule has 0 amide bonds. The van der Waals surface area contributed by atoms with E-state index in [2.05, 4.69) is 62.8 Å². The van der Waals surface area contributed by atoms with Crippen LogP contribution in [-0.2, 0) is 16.1 Å². The summed E-state index contributed by atoms with van der Waals surface area (Å²) in [6, 6.07) is 34.6. The molecule has 0 spiro atoms. The fourth-order valence-electron chi connectivity index (χ4n) is 6.22. The van der Waals surface area contributed by atoms with Gasteiger partial charge in [-0.1, -0.05) is 112 Å². The van der Waals surface area contributed by atoms with Crippen LogP contribution >= 0.6 is 49.9 Å². The molecule has 51 heavy (non-hydrogen) atoms. The molecule has 7 nitrogen and oxygen atoms in total. The van der Waals surface area contributed by atoms with Crippen molar-refractivity contribution in [1.29, 1.82) is 0 Å². The largest absolute Gasteiger partial charge is 0.494 e. The topological polar surface area (TPSA) is 79.1 Å². The monoisotopic (exact) mass is 870 g/mol. The lowest BCUT2D eigenvalue weighted by atomic mass is 9.93. The highest BCUT2D eigenvalue weighted by atomic mass is 127. The molecule has 5 aromatic carbocycles. The number of benzene rings is 5. The minimum absolute atomic E-state index is 0.174. The summed E-state index contributed by atoms with van der Waals surface area (Å²) in [6.07, 6.45) is 1.85. The van der Waals surface area contributed by atoms with Gasteiger partial charge in [-0.2, -0.15) is 0 Å². The number of thiazole rings is 1. The highest BCUT2D eigenvalue weighted by Crippen LogP contribution is 2.36. The average molecular weight is 872 g/mol. The Balaban J connectivity index is 1.40. The van der Waals surface area contributed by atoms with Crippen LogP contribution in [0, 0.1) is 3.57 Å². The molecule has 2 heterocycles. The predicted octanol–water partition coefficient (Wildman–Crippen LogP) is 8.43. The van der Waals surface area contributed by atoms with Gasteiger partial charge in [0.05, 0.1) is 38.6 Å². The fourth-order valence-corrected chi connectivity index (χ4v) is 8.92. The van der Waals surface area contributed by atoms with E-state index in [4.69, 9.17) is 19.2 Å².